The van der Waals surface area contributed by atoms with Crippen molar-refractivity contribution in [3.63, 3.8) is 0 Å². The van der Waals surface area contributed by atoms with Crippen molar-refractivity contribution in [2.24, 2.45) is 5.92 Å². The van der Waals surface area contributed by atoms with Gasteiger partial charge in [-0.25, -0.2) is 0 Å². The van der Waals surface area contributed by atoms with Gasteiger partial charge in [-0.3, -0.25) is 19.3 Å². The summed E-state index contributed by atoms with van der Waals surface area (Å²) in [7, 11) is 0. The maximum absolute atomic E-state index is 12.4. The molecule has 0 saturated heterocycles. The number of benzene rings is 1. The minimum atomic E-state index is -0.289. The van der Waals surface area contributed by atoms with Crippen molar-refractivity contribution in [1.29, 1.82) is 0 Å². The fourth-order valence-electron chi connectivity index (χ4n) is 2.72. The Labute approximate surface area is 157 Å². The van der Waals surface area contributed by atoms with Crippen LogP contribution in [0.25, 0.3) is 0 Å². The lowest BCUT2D eigenvalue weighted by Crippen LogP contribution is -2.38. The number of nitrogens with zero attached hydrogens (tertiary/aromatic N) is 1. The van der Waals surface area contributed by atoms with Crippen LogP contribution in [-0.2, 0) is 11.3 Å². The first-order valence-corrected chi connectivity index (χ1v) is 8.80. The summed E-state index contributed by atoms with van der Waals surface area (Å²) in [5, 5.41) is 2.79. The molecule has 0 unspecified atom stereocenters. The molecule has 7 heteroatoms. The number of rotatable bonds is 6. The van der Waals surface area contributed by atoms with Crippen LogP contribution in [0.5, 0.6) is 5.75 Å². The second-order valence-corrected chi connectivity index (χ2v) is 6.88. The number of ketones is 1. The third kappa shape index (κ3) is 4.19. The van der Waals surface area contributed by atoms with E-state index < -0.39 is 0 Å². The van der Waals surface area contributed by atoms with Crippen molar-refractivity contribution in [1.82, 2.24) is 5.32 Å². The highest BCUT2D eigenvalue weighted by atomic mass is 16.5. The predicted octanol–water partition coefficient (Wildman–Crippen LogP) is 2.79. The van der Waals surface area contributed by atoms with Gasteiger partial charge in [0.1, 0.15) is 11.5 Å². The van der Waals surface area contributed by atoms with Gasteiger partial charge in [0.05, 0.1) is 12.2 Å². The number of fused-ring (bicyclic) bond motifs is 1. The number of nitrogens with one attached hydrogen (secondary N) is 1. The van der Waals surface area contributed by atoms with Gasteiger partial charge in [0, 0.05) is 12.1 Å². The first-order chi connectivity index (χ1) is 12.8. The standard InChI is InChI=1S/C20H22N2O5/c1-12(2)9-21-20(25)18-7-5-15(27-18)10-22-16-8-14(13(3)23)4-6-17(16)26-11-19(22)24/h4-8,12H,9-11H2,1-3H3,(H,21,25). The molecule has 1 aliphatic rings. The minimum Gasteiger partial charge on any atom is -0.482 e. The van der Waals surface area contributed by atoms with Gasteiger partial charge >= 0.3 is 0 Å². The molecule has 0 saturated carbocycles. The number of carbonyl (C=O) groups is 3. The number of Topliss-reactive ketones (excluding diaryl/α,β-unsaturated/α-hetero) is 1. The fraction of sp³-hybridized carbons (Fsp3) is 0.350. The number of amides is 2. The van der Waals surface area contributed by atoms with Gasteiger partial charge in [-0.1, -0.05) is 13.8 Å². The zero-order valence-electron chi connectivity index (χ0n) is 15.6. The molecule has 0 aliphatic carbocycles. The smallest absolute Gasteiger partial charge is 0.287 e. The molecule has 1 aliphatic heterocycles. The summed E-state index contributed by atoms with van der Waals surface area (Å²) in [6, 6.07) is 8.23. The number of furan rings is 1. The summed E-state index contributed by atoms with van der Waals surface area (Å²) in [4.78, 5) is 37.6. The summed E-state index contributed by atoms with van der Waals surface area (Å²) in [5.41, 5.74) is 1.01. The first-order valence-electron chi connectivity index (χ1n) is 8.80. The van der Waals surface area contributed by atoms with Crippen molar-refractivity contribution in [2.75, 3.05) is 18.1 Å². The third-order valence-corrected chi connectivity index (χ3v) is 4.18. The summed E-state index contributed by atoms with van der Waals surface area (Å²) in [5.74, 6) is 0.899. The van der Waals surface area contributed by atoms with E-state index in [1.54, 1.807) is 30.3 Å². The van der Waals surface area contributed by atoms with Crippen LogP contribution in [0.15, 0.2) is 34.7 Å². The van der Waals surface area contributed by atoms with Gasteiger partial charge in [0.25, 0.3) is 11.8 Å². The van der Waals surface area contributed by atoms with Crippen molar-refractivity contribution < 1.29 is 23.5 Å². The molecule has 2 amide bonds. The first kappa shape index (κ1) is 18.7. The molecule has 0 atom stereocenters. The Kier molecular flexibility index (Phi) is 5.30. The SMILES string of the molecule is CC(=O)c1ccc2c(c1)N(Cc1ccc(C(=O)NCC(C)C)o1)C(=O)CO2. The lowest BCUT2D eigenvalue weighted by molar-refractivity contribution is -0.121. The molecular weight excluding hydrogens is 348 g/mol. The summed E-state index contributed by atoms with van der Waals surface area (Å²) in [6.07, 6.45) is 0. The van der Waals surface area contributed by atoms with Gasteiger partial charge in [0.2, 0.25) is 0 Å². The van der Waals surface area contributed by atoms with Crippen molar-refractivity contribution in [3.05, 3.63) is 47.4 Å². The summed E-state index contributed by atoms with van der Waals surface area (Å²) >= 11 is 0. The highest BCUT2D eigenvalue weighted by Gasteiger charge is 2.27. The molecule has 2 heterocycles. The third-order valence-electron chi connectivity index (χ3n) is 4.18. The van der Waals surface area contributed by atoms with E-state index in [2.05, 4.69) is 5.32 Å². The highest BCUT2D eigenvalue weighted by molar-refractivity contribution is 6.01. The Bertz CT molecular complexity index is 884. The van der Waals surface area contributed by atoms with E-state index in [4.69, 9.17) is 9.15 Å². The normalized spacial score (nSPS) is 13.3. The molecule has 142 valence electrons. The number of ether oxygens (including phenoxy) is 1. The lowest BCUT2D eigenvalue weighted by Gasteiger charge is -2.29. The van der Waals surface area contributed by atoms with Crippen LogP contribution in [0.2, 0.25) is 0 Å². The fourth-order valence-corrected chi connectivity index (χ4v) is 2.72. The van der Waals surface area contributed by atoms with E-state index in [-0.39, 0.29) is 36.5 Å². The molecule has 7 nitrogen and oxygen atoms in total. The second kappa shape index (κ2) is 7.65. The van der Waals surface area contributed by atoms with Gasteiger partial charge < -0.3 is 14.5 Å². The lowest BCUT2D eigenvalue weighted by atomic mass is 10.1. The van der Waals surface area contributed by atoms with Crippen LogP contribution in [0, 0.1) is 5.92 Å². The van der Waals surface area contributed by atoms with Crippen LogP contribution in [-0.4, -0.2) is 30.7 Å². The molecule has 0 fully saturated rings. The number of carbonyl (C=O) groups excluding carboxylic acids is 3. The van der Waals surface area contributed by atoms with Gasteiger partial charge in [-0.2, -0.15) is 0 Å². The molecule has 0 spiro atoms. The Morgan fingerprint density at radius 3 is 2.70 bits per heavy atom. The van der Waals surface area contributed by atoms with Crippen LogP contribution in [0.3, 0.4) is 0 Å². The van der Waals surface area contributed by atoms with Crippen LogP contribution in [0.1, 0.15) is 47.4 Å². The van der Waals surface area contributed by atoms with Crippen molar-refractivity contribution >= 4 is 23.3 Å². The zero-order chi connectivity index (χ0) is 19.6. The minimum absolute atomic E-state index is 0.0884. The predicted molar refractivity (Wildman–Crippen MR) is 99.0 cm³/mol. The Hall–Kier alpha value is -3.09. The van der Waals surface area contributed by atoms with E-state index >= 15 is 0 Å². The van der Waals surface area contributed by atoms with Gasteiger partial charge in [-0.15, -0.1) is 0 Å². The van der Waals surface area contributed by atoms with E-state index in [0.29, 0.717) is 35.2 Å². The molecule has 1 aromatic heterocycles. The van der Waals surface area contributed by atoms with Crippen LogP contribution >= 0.6 is 0 Å². The molecule has 1 aromatic carbocycles. The maximum atomic E-state index is 12.4. The number of anilines is 1. The van der Waals surface area contributed by atoms with Gasteiger partial charge in [-0.05, 0) is 43.2 Å². The Morgan fingerprint density at radius 1 is 1.22 bits per heavy atom. The molecule has 0 bridgehead atoms. The highest BCUT2D eigenvalue weighted by Crippen LogP contribution is 2.34. The van der Waals surface area contributed by atoms with Crippen LogP contribution in [0.4, 0.5) is 5.69 Å². The maximum Gasteiger partial charge on any atom is 0.287 e. The Morgan fingerprint density at radius 2 is 2.00 bits per heavy atom. The molecule has 2 aromatic rings. The molecule has 0 radical (unpaired) electrons. The summed E-state index contributed by atoms with van der Waals surface area (Å²) in [6.45, 7) is 6.09. The monoisotopic (exact) mass is 370 g/mol. The topological polar surface area (TPSA) is 88.9 Å². The molecule has 27 heavy (non-hydrogen) atoms. The van der Waals surface area contributed by atoms with E-state index in [1.165, 1.54) is 11.8 Å². The average molecular weight is 370 g/mol. The molecule has 1 N–H and O–H groups in total. The largest absolute Gasteiger partial charge is 0.482 e. The van der Waals surface area contributed by atoms with Gasteiger partial charge in [0.15, 0.2) is 18.2 Å². The second-order valence-electron chi connectivity index (χ2n) is 6.88. The van der Waals surface area contributed by atoms with Crippen LogP contribution < -0.4 is 15.0 Å². The summed E-state index contributed by atoms with van der Waals surface area (Å²) < 4.78 is 11.0. The van der Waals surface area contributed by atoms with E-state index in [0.717, 1.165) is 0 Å². The molecule has 3 rings (SSSR count). The van der Waals surface area contributed by atoms with Crippen molar-refractivity contribution in [2.45, 2.75) is 27.3 Å². The Balaban J connectivity index is 1.80. The number of hydrogen-bond donors (Lipinski definition) is 1. The number of hydrogen-bond acceptors (Lipinski definition) is 5. The quantitative estimate of drug-likeness (QED) is 0.790. The average Bonchev–Trinajstić information content (AvgIpc) is 3.10. The van der Waals surface area contributed by atoms with E-state index in [9.17, 15) is 14.4 Å². The molecular formula is C20H22N2O5. The van der Waals surface area contributed by atoms with E-state index in [1.807, 2.05) is 13.8 Å². The zero-order valence-corrected chi connectivity index (χ0v) is 15.6. The van der Waals surface area contributed by atoms with Crippen molar-refractivity contribution in [3.8, 4) is 5.75 Å².